The Labute approximate surface area is 333 Å². The van der Waals surface area contributed by atoms with Gasteiger partial charge in [-0.1, -0.05) is 166 Å². The van der Waals surface area contributed by atoms with Gasteiger partial charge in [-0.25, -0.2) is 0 Å². The van der Waals surface area contributed by atoms with Crippen molar-refractivity contribution < 1.29 is 4.74 Å². The lowest BCUT2D eigenvalue weighted by molar-refractivity contribution is 0.489. The van der Waals surface area contributed by atoms with E-state index < -0.39 is 0 Å². The number of benzene rings is 9. The summed E-state index contributed by atoms with van der Waals surface area (Å²) in [6.45, 7) is 4.69. The molecule has 0 aromatic heterocycles. The molecular weight excluding hydrogens is 691 g/mol. The zero-order chi connectivity index (χ0) is 38.1. The van der Waals surface area contributed by atoms with E-state index in [1.807, 2.05) is 0 Å². The minimum Gasteiger partial charge on any atom is -0.454 e. The average molecular weight is 730 g/mol. The SMILES string of the molecule is CC1(C)c2ccccc2-c2ccc(N(c3ccc(-c4ccccc4)cc3)c3cccc4c3Oc3cc5ccccc5cc3-c3cc(-c5ccccc5)ccc3-4)cc21. The first kappa shape index (κ1) is 33.2. The Kier molecular flexibility index (Phi) is 7.55. The first-order valence-corrected chi connectivity index (χ1v) is 19.8. The number of ether oxygens (including phenoxy) is 1. The normalized spacial score (nSPS) is 13.0. The molecule has 2 heteroatoms. The van der Waals surface area contributed by atoms with E-state index in [4.69, 9.17) is 4.74 Å². The topological polar surface area (TPSA) is 12.5 Å². The van der Waals surface area contributed by atoms with Gasteiger partial charge in [-0.15, -0.1) is 0 Å². The van der Waals surface area contributed by atoms with Crippen LogP contribution in [0.4, 0.5) is 17.1 Å². The van der Waals surface area contributed by atoms with Crippen LogP contribution in [0.2, 0.25) is 0 Å². The zero-order valence-corrected chi connectivity index (χ0v) is 31.9. The molecule has 1 aliphatic heterocycles. The quantitative estimate of drug-likeness (QED) is 0.175. The van der Waals surface area contributed by atoms with Gasteiger partial charge in [0.2, 0.25) is 0 Å². The standard InChI is InChI=1S/C55H39NO/c1-55(2)50-22-12-11-20-45(50)46-31-29-43(35-51(46)55)56(42-27-24-38(25-28-42)36-14-5-3-6-15-36)52-23-13-21-47-44-30-26-41(37-16-7-4-8-17-37)32-48(44)49-33-39-18-9-10-19-40(39)34-53(49)57-54(47)52/h3-35H,1-2H3. The van der Waals surface area contributed by atoms with E-state index in [0.717, 1.165) is 56.2 Å². The Hall–Kier alpha value is -7.16. The molecule has 0 saturated carbocycles. The van der Waals surface area contributed by atoms with E-state index in [9.17, 15) is 0 Å². The molecule has 11 rings (SSSR count). The molecule has 9 aromatic carbocycles. The van der Waals surface area contributed by atoms with Crippen molar-refractivity contribution in [1.82, 2.24) is 0 Å². The Morgan fingerprint density at radius 1 is 0.368 bits per heavy atom. The first-order chi connectivity index (χ1) is 28.0. The molecule has 0 unspecified atom stereocenters. The largest absolute Gasteiger partial charge is 0.454 e. The highest BCUT2D eigenvalue weighted by Gasteiger charge is 2.36. The molecule has 0 amide bonds. The van der Waals surface area contributed by atoms with Crippen molar-refractivity contribution in [1.29, 1.82) is 0 Å². The maximum Gasteiger partial charge on any atom is 0.159 e. The van der Waals surface area contributed by atoms with Crippen molar-refractivity contribution in [2.45, 2.75) is 19.3 Å². The van der Waals surface area contributed by atoms with Crippen LogP contribution in [0, 0.1) is 0 Å². The van der Waals surface area contributed by atoms with Crippen LogP contribution >= 0.6 is 0 Å². The monoisotopic (exact) mass is 729 g/mol. The van der Waals surface area contributed by atoms with Gasteiger partial charge in [-0.3, -0.25) is 0 Å². The van der Waals surface area contributed by atoms with Gasteiger partial charge in [-0.05, 0) is 115 Å². The molecule has 0 fully saturated rings. The highest BCUT2D eigenvalue weighted by molar-refractivity contribution is 6.00. The highest BCUT2D eigenvalue weighted by atomic mass is 16.5. The van der Waals surface area contributed by atoms with E-state index in [0.29, 0.717) is 0 Å². The molecule has 0 bridgehead atoms. The lowest BCUT2D eigenvalue weighted by atomic mass is 9.82. The van der Waals surface area contributed by atoms with Gasteiger partial charge in [0.15, 0.2) is 5.75 Å². The Balaban J connectivity index is 1.15. The number of fused-ring (bicyclic) bond motifs is 9. The van der Waals surface area contributed by atoms with Crippen LogP contribution in [0.15, 0.2) is 200 Å². The van der Waals surface area contributed by atoms with Gasteiger partial charge >= 0.3 is 0 Å². The van der Waals surface area contributed by atoms with Crippen molar-refractivity contribution in [3.8, 4) is 67.1 Å². The smallest absolute Gasteiger partial charge is 0.159 e. The summed E-state index contributed by atoms with van der Waals surface area (Å²) < 4.78 is 7.33. The summed E-state index contributed by atoms with van der Waals surface area (Å²) in [5.41, 5.74) is 17.5. The van der Waals surface area contributed by atoms with Crippen LogP contribution in [0.5, 0.6) is 11.5 Å². The van der Waals surface area contributed by atoms with Crippen LogP contribution < -0.4 is 9.64 Å². The van der Waals surface area contributed by atoms with Gasteiger partial charge in [0.1, 0.15) is 5.75 Å². The minimum absolute atomic E-state index is 0.149. The number of hydrogen-bond donors (Lipinski definition) is 0. The predicted octanol–water partition coefficient (Wildman–Crippen LogP) is 15.4. The van der Waals surface area contributed by atoms with E-state index in [1.165, 1.54) is 49.9 Å². The summed E-state index contributed by atoms with van der Waals surface area (Å²) in [4.78, 5) is 2.39. The lowest BCUT2D eigenvalue weighted by Crippen LogP contribution is -2.17. The summed E-state index contributed by atoms with van der Waals surface area (Å²) >= 11 is 0. The number of nitrogens with zero attached hydrogens (tertiary/aromatic N) is 1. The molecule has 0 spiro atoms. The Morgan fingerprint density at radius 3 is 1.72 bits per heavy atom. The summed E-state index contributed by atoms with van der Waals surface area (Å²) in [5, 5.41) is 2.33. The highest BCUT2D eigenvalue weighted by Crippen LogP contribution is 2.55. The van der Waals surface area contributed by atoms with Gasteiger partial charge in [0.05, 0.1) is 5.69 Å². The van der Waals surface area contributed by atoms with Gasteiger partial charge in [-0.2, -0.15) is 0 Å². The zero-order valence-electron chi connectivity index (χ0n) is 31.9. The number of hydrogen-bond acceptors (Lipinski definition) is 2. The molecule has 9 aromatic rings. The van der Waals surface area contributed by atoms with Crippen molar-refractivity contribution >= 4 is 27.8 Å². The Morgan fingerprint density at radius 2 is 0.947 bits per heavy atom. The fourth-order valence-electron chi connectivity index (χ4n) is 9.15. The fraction of sp³-hybridized carbons (Fsp3) is 0.0545. The lowest BCUT2D eigenvalue weighted by Gasteiger charge is -2.30. The second-order valence-electron chi connectivity index (χ2n) is 15.7. The summed E-state index contributed by atoms with van der Waals surface area (Å²) in [7, 11) is 0. The van der Waals surface area contributed by atoms with Crippen LogP contribution in [0.25, 0.3) is 66.4 Å². The van der Waals surface area contributed by atoms with E-state index in [2.05, 4.69) is 219 Å². The van der Waals surface area contributed by atoms with E-state index >= 15 is 0 Å². The van der Waals surface area contributed by atoms with Crippen molar-refractivity contribution in [3.63, 3.8) is 0 Å². The molecule has 2 aliphatic rings. The molecule has 270 valence electrons. The van der Waals surface area contributed by atoms with Crippen molar-refractivity contribution in [2.24, 2.45) is 0 Å². The molecular formula is C55H39NO. The molecule has 0 N–H and O–H groups in total. The van der Waals surface area contributed by atoms with Crippen molar-refractivity contribution in [2.75, 3.05) is 4.90 Å². The van der Waals surface area contributed by atoms with E-state index in [1.54, 1.807) is 0 Å². The van der Waals surface area contributed by atoms with Crippen LogP contribution in [-0.2, 0) is 5.41 Å². The summed E-state index contributed by atoms with van der Waals surface area (Å²) in [6.07, 6.45) is 0. The average Bonchev–Trinajstić information content (AvgIpc) is 3.40. The van der Waals surface area contributed by atoms with Crippen LogP contribution in [0.1, 0.15) is 25.0 Å². The summed E-state index contributed by atoms with van der Waals surface area (Å²) in [5.74, 6) is 1.67. The maximum atomic E-state index is 7.33. The number of rotatable bonds is 5. The number of anilines is 3. The van der Waals surface area contributed by atoms with Gasteiger partial charge in [0, 0.05) is 27.9 Å². The first-order valence-electron chi connectivity index (χ1n) is 19.8. The second-order valence-corrected chi connectivity index (χ2v) is 15.7. The molecule has 0 atom stereocenters. The fourth-order valence-corrected chi connectivity index (χ4v) is 9.15. The molecule has 57 heavy (non-hydrogen) atoms. The third kappa shape index (κ3) is 5.40. The van der Waals surface area contributed by atoms with Gasteiger partial charge in [0.25, 0.3) is 0 Å². The molecule has 0 saturated heterocycles. The van der Waals surface area contributed by atoms with Gasteiger partial charge < -0.3 is 9.64 Å². The Bertz CT molecular complexity index is 3000. The summed E-state index contributed by atoms with van der Waals surface area (Å²) in [6, 6.07) is 72.6. The third-order valence-electron chi connectivity index (χ3n) is 12.1. The third-order valence-corrected chi connectivity index (χ3v) is 12.1. The van der Waals surface area contributed by atoms with E-state index in [-0.39, 0.29) is 5.41 Å². The molecule has 0 radical (unpaired) electrons. The molecule has 2 nitrogen and oxygen atoms in total. The minimum atomic E-state index is -0.149. The van der Waals surface area contributed by atoms with Crippen LogP contribution in [0.3, 0.4) is 0 Å². The molecule has 1 aliphatic carbocycles. The maximum absolute atomic E-state index is 7.33. The van der Waals surface area contributed by atoms with Crippen LogP contribution in [-0.4, -0.2) is 0 Å². The predicted molar refractivity (Wildman–Crippen MR) is 238 cm³/mol. The second kappa shape index (κ2) is 13.0. The number of para-hydroxylation sites is 1. The molecule has 1 heterocycles. The van der Waals surface area contributed by atoms with Crippen molar-refractivity contribution in [3.05, 3.63) is 211 Å².